The van der Waals surface area contributed by atoms with E-state index < -0.39 is 0 Å². The molecule has 0 aromatic heterocycles. The summed E-state index contributed by atoms with van der Waals surface area (Å²) in [5, 5.41) is 20.0. The third-order valence-corrected chi connectivity index (χ3v) is 6.83. The zero-order valence-electron chi connectivity index (χ0n) is 15.7. The first kappa shape index (κ1) is 17.4. The monoisotopic (exact) mass is 351 g/mol. The van der Waals surface area contributed by atoms with Gasteiger partial charge in [-0.15, -0.1) is 0 Å². The number of phenolic OH excluding ortho intramolecular Hbond substituents is 2. The first-order chi connectivity index (χ1) is 12.4. The Hall–Kier alpha value is -2.00. The Morgan fingerprint density at radius 1 is 1.04 bits per heavy atom. The number of piperidine rings is 1. The molecule has 2 fully saturated rings. The average Bonchev–Trinajstić information content (AvgIpc) is 3.02. The van der Waals surface area contributed by atoms with Crippen LogP contribution in [0.5, 0.6) is 11.5 Å². The summed E-state index contributed by atoms with van der Waals surface area (Å²) in [4.78, 5) is 2.61. The van der Waals surface area contributed by atoms with Crippen LogP contribution in [0, 0.1) is 5.92 Å². The van der Waals surface area contributed by atoms with E-state index in [2.05, 4.69) is 31.0 Å². The van der Waals surface area contributed by atoms with E-state index in [9.17, 15) is 10.2 Å². The van der Waals surface area contributed by atoms with E-state index in [1.807, 2.05) is 24.3 Å². The molecule has 3 unspecified atom stereocenters. The van der Waals surface area contributed by atoms with Crippen molar-refractivity contribution < 1.29 is 10.2 Å². The SMILES string of the molecule is CN1C2CCC(C2)CC1(C)CC(c1cccc(O)c1)c1cccc(O)c1. The van der Waals surface area contributed by atoms with Crippen molar-refractivity contribution in [1.82, 2.24) is 4.90 Å². The number of hydrogen-bond donors (Lipinski definition) is 2. The molecule has 1 heterocycles. The number of likely N-dealkylation sites (tertiary alicyclic amines) is 1. The van der Waals surface area contributed by atoms with Gasteiger partial charge in [-0.25, -0.2) is 0 Å². The van der Waals surface area contributed by atoms with E-state index in [-0.39, 0.29) is 11.5 Å². The van der Waals surface area contributed by atoms with Crippen LogP contribution in [-0.4, -0.2) is 33.7 Å². The molecule has 2 aliphatic rings. The zero-order chi connectivity index (χ0) is 18.3. The second kappa shape index (κ2) is 6.62. The number of nitrogens with zero attached hydrogens (tertiary/aromatic N) is 1. The minimum atomic E-state index is 0.131. The van der Waals surface area contributed by atoms with Gasteiger partial charge in [0.1, 0.15) is 11.5 Å². The van der Waals surface area contributed by atoms with E-state index in [1.165, 1.54) is 25.7 Å². The summed E-state index contributed by atoms with van der Waals surface area (Å²) in [6, 6.07) is 15.9. The van der Waals surface area contributed by atoms with Crippen molar-refractivity contribution >= 4 is 0 Å². The molecular formula is C23H29NO2. The highest BCUT2D eigenvalue weighted by molar-refractivity contribution is 5.40. The molecular weight excluding hydrogens is 322 g/mol. The van der Waals surface area contributed by atoms with Crippen molar-refractivity contribution in [2.75, 3.05) is 7.05 Å². The molecule has 0 spiro atoms. The molecule has 3 nitrogen and oxygen atoms in total. The third kappa shape index (κ3) is 3.21. The molecule has 0 radical (unpaired) electrons. The predicted molar refractivity (Wildman–Crippen MR) is 105 cm³/mol. The lowest BCUT2D eigenvalue weighted by Crippen LogP contribution is -2.52. The van der Waals surface area contributed by atoms with Gasteiger partial charge in [0.05, 0.1) is 0 Å². The van der Waals surface area contributed by atoms with Gasteiger partial charge in [0.25, 0.3) is 0 Å². The van der Waals surface area contributed by atoms with Crippen LogP contribution in [0.3, 0.4) is 0 Å². The minimum Gasteiger partial charge on any atom is -0.508 e. The van der Waals surface area contributed by atoms with E-state index in [4.69, 9.17) is 0 Å². The highest BCUT2D eigenvalue weighted by Crippen LogP contribution is 2.48. The number of fused-ring (bicyclic) bond motifs is 2. The van der Waals surface area contributed by atoms with Crippen molar-refractivity contribution in [3.63, 3.8) is 0 Å². The van der Waals surface area contributed by atoms with Crippen molar-refractivity contribution in [3.8, 4) is 11.5 Å². The number of rotatable bonds is 4. The highest BCUT2D eigenvalue weighted by atomic mass is 16.3. The van der Waals surface area contributed by atoms with Gasteiger partial charge in [0, 0.05) is 17.5 Å². The largest absolute Gasteiger partial charge is 0.508 e. The molecule has 138 valence electrons. The first-order valence-electron chi connectivity index (χ1n) is 9.75. The molecule has 4 rings (SSSR count). The molecule has 2 N–H and O–H groups in total. The Morgan fingerprint density at radius 2 is 1.65 bits per heavy atom. The van der Waals surface area contributed by atoms with Gasteiger partial charge in [-0.05, 0) is 87.4 Å². The van der Waals surface area contributed by atoms with Crippen LogP contribution < -0.4 is 0 Å². The summed E-state index contributed by atoms with van der Waals surface area (Å²) in [5.74, 6) is 1.60. The number of hydrogen-bond acceptors (Lipinski definition) is 3. The van der Waals surface area contributed by atoms with Gasteiger partial charge in [0.15, 0.2) is 0 Å². The van der Waals surface area contributed by atoms with E-state index in [0.717, 1.165) is 23.5 Å². The van der Waals surface area contributed by atoms with Gasteiger partial charge in [-0.2, -0.15) is 0 Å². The van der Waals surface area contributed by atoms with Crippen LogP contribution >= 0.6 is 0 Å². The average molecular weight is 351 g/mol. The third-order valence-electron chi connectivity index (χ3n) is 6.83. The topological polar surface area (TPSA) is 43.7 Å². The molecule has 2 aromatic rings. The second-order valence-electron chi connectivity index (χ2n) is 8.59. The molecule has 2 bridgehead atoms. The number of phenols is 2. The number of aromatic hydroxyl groups is 2. The fourth-order valence-electron chi connectivity index (χ4n) is 5.37. The van der Waals surface area contributed by atoms with E-state index in [0.29, 0.717) is 17.5 Å². The Morgan fingerprint density at radius 3 is 2.23 bits per heavy atom. The molecule has 1 aliphatic heterocycles. The van der Waals surface area contributed by atoms with Crippen molar-refractivity contribution in [2.24, 2.45) is 5.92 Å². The van der Waals surface area contributed by atoms with Gasteiger partial charge < -0.3 is 10.2 Å². The fraction of sp³-hybridized carbons (Fsp3) is 0.478. The maximum atomic E-state index is 10.0. The van der Waals surface area contributed by atoms with E-state index >= 15 is 0 Å². The summed E-state index contributed by atoms with van der Waals surface area (Å²) in [6.45, 7) is 2.40. The normalized spacial score (nSPS) is 28.6. The summed E-state index contributed by atoms with van der Waals surface area (Å²) >= 11 is 0. The molecule has 3 heteroatoms. The van der Waals surface area contributed by atoms with Gasteiger partial charge in [-0.3, -0.25) is 4.90 Å². The van der Waals surface area contributed by atoms with E-state index in [1.54, 1.807) is 12.1 Å². The van der Waals surface area contributed by atoms with Crippen LogP contribution in [-0.2, 0) is 0 Å². The highest BCUT2D eigenvalue weighted by Gasteiger charge is 2.46. The zero-order valence-corrected chi connectivity index (χ0v) is 15.7. The molecule has 1 aliphatic carbocycles. The summed E-state index contributed by atoms with van der Waals surface area (Å²) in [5.41, 5.74) is 2.36. The van der Waals surface area contributed by atoms with Gasteiger partial charge >= 0.3 is 0 Å². The number of benzene rings is 2. The van der Waals surface area contributed by atoms with Crippen LogP contribution in [0.15, 0.2) is 48.5 Å². The smallest absolute Gasteiger partial charge is 0.115 e. The molecule has 1 saturated heterocycles. The first-order valence-corrected chi connectivity index (χ1v) is 9.75. The fourth-order valence-corrected chi connectivity index (χ4v) is 5.37. The van der Waals surface area contributed by atoms with Gasteiger partial charge in [-0.1, -0.05) is 24.3 Å². The summed E-state index contributed by atoms with van der Waals surface area (Å²) in [6.07, 6.45) is 6.24. The van der Waals surface area contributed by atoms with Crippen molar-refractivity contribution in [1.29, 1.82) is 0 Å². The summed E-state index contributed by atoms with van der Waals surface area (Å²) < 4.78 is 0. The molecule has 0 amide bonds. The Bertz CT molecular complexity index is 744. The molecule has 1 saturated carbocycles. The Labute approximate surface area is 156 Å². The lowest BCUT2D eigenvalue weighted by molar-refractivity contribution is 0.0291. The van der Waals surface area contributed by atoms with Gasteiger partial charge in [0.2, 0.25) is 0 Å². The Kier molecular flexibility index (Phi) is 4.44. The van der Waals surface area contributed by atoms with Crippen LogP contribution in [0.4, 0.5) is 0 Å². The lowest BCUT2D eigenvalue weighted by Gasteiger charge is -2.48. The maximum Gasteiger partial charge on any atom is 0.115 e. The van der Waals surface area contributed by atoms with Crippen LogP contribution in [0.25, 0.3) is 0 Å². The second-order valence-corrected chi connectivity index (χ2v) is 8.59. The predicted octanol–water partition coefficient (Wildman–Crippen LogP) is 4.88. The molecule has 2 aromatic carbocycles. The maximum absolute atomic E-state index is 10.0. The van der Waals surface area contributed by atoms with Crippen LogP contribution in [0.2, 0.25) is 0 Å². The standard InChI is InChI=1S/C23H29NO2/c1-23(14-16-9-10-19(11-16)24(23)2)15-22(17-5-3-7-20(25)12-17)18-6-4-8-21(26)13-18/h3-8,12-13,16,19,22,25-26H,9-11,14-15H2,1-2H3. The van der Waals surface area contributed by atoms with Crippen molar-refractivity contribution in [2.45, 2.75) is 56.5 Å². The van der Waals surface area contributed by atoms with Crippen molar-refractivity contribution in [3.05, 3.63) is 59.7 Å². The molecule has 26 heavy (non-hydrogen) atoms. The Balaban J connectivity index is 1.71. The summed E-state index contributed by atoms with van der Waals surface area (Å²) in [7, 11) is 2.29. The van der Waals surface area contributed by atoms with Crippen LogP contribution in [0.1, 0.15) is 56.1 Å². The quantitative estimate of drug-likeness (QED) is 0.825. The molecule has 3 atom stereocenters. The minimum absolute atomic E-state index is 0.131. The lowest BCUT2D eigenvalue weighted by atomic mass is 9.73.